The minimum Gasteiger partial charge on any atom is -0.335 e. The standard InChI is InChI=1S/C24H23F3N4O2S2/c25-24(26,27)19-17-11-15(14-1-2-14)3-4-18(17)35-20(19)22(32)31-12-16(13-31)29-6-8-30(9-7-29)23(33)21-28-5-10-34-21/h3-5,10-11,14,16H,1-2,6-9,12-13H2. The fourth-order valence-corrected chi connectivity index (χ4v) is 6.74. The van der Waals surface area contributed by atoms with E-state index in [1.807, 2.05) is 6.07 Å². The summed E-state index contributed by atoms with van der Waals surface area (Å²) in [5.41, 5.74) is 0.138. The van der Waals surface area contributed by atoms with E-state index >= 15 is 0 Å². The fraction of sp³-hybridized carbons (Fsp3) is 0.458. The van der Waals surface area contributed by atoms with Gasteiger partial charge in [-0.3, -0.25) is 14.5 Å². The quantitative estimate of drug-likeness (QED) is 0.507. The molecule has 3 fully saturated rings. The molecule has 184 valence electrons. The Morgan fingerprint density at radius 3 is 2.37 bits per heavy atom. The number of halogens is 3. The molecule has 3 aliphatic rings. The van der Waals surface area contributed by atoms with Crippen molar-refractivity contribution in [2.24, 2.45) is 0 Å². The summed E-state index contributed by atoms with van der Waals surface area (Å²) < 4.78 is 42.7. The molecule has 0 radical (unpaired) electrons. The first-order valence-electron chi connectivity index (χ1n) is 11.7. The Balaban J connectivity index is 1.13. The Bertz CT molecular complexity index is 1270. The van der Waals surface area contributed by atoms with E-state index in [2.05, 4.69) is 9.88 Å². The van der Waals surface area contributed by atoms with E-state index in [-0.39, 0.29) is 22.2 Å². The maximum Gasteiger partial charge on any atom is 0.418 e. The molecule has 2 amide bonds. The van der Waals surface area contributed by atoms with Gasteiger partial charge in [0.15, 0.2) is 5.01 Å². The van der Waals surface area contributed by atoms with Gasteiger partial charge in [-0.25, -0.2) is 4.98 Å². The highest BCUT2D eigenvalue weighted by atomic mass is 32.1. The van der Waals surface area contributed by atoms with E-state index in [0.29, 0.717) is 54.9 Å². The van der Waals surface area contributed by atoms with Gasteiger partial charge >= 0.3 is 6.18 Å². The third kappa shape index (κ3) is 4.23. The number of hydrogen-bond acceptors (Lipinski definition) is 6. The number of nitrogens with zero attached hydrogens (tertiary/aromatic N) is 4. The van der Waals surface area contributed by atoms with E-state index < -0.39 is 17.6 Å². The van der Waals surface area contributed by atoms with Gasteiger partial charge in [0.25, 0.3) is 11.8 Å². The average Bonchev–Trinajstić information content (AvgIpc) is 3.36. The van der Waals surface area contributed by atoms with E-state index in [1.165, 1.54) is 16.2 Å². The highest BCUT2D eigenvalue weighted by Crippen LogP contribution is 2.46. The van der Waals surface area contributed by atoms with Crippen molar-refractivity contribution >= 4 is 44.6 Å². The first-order chi connectivity index (χ1) is 16.8. The lowest BCUT2D eigenvalue weighted by atomic mass is 10.0. The maximum absolute atomic E-state index is 14.1. The summed E-state index contributed by atoms with van der Waals surface area (Å²) in [6.07, 6.45) is -0.965. The summed E-state index contributed by atoms with van der Waals surface area (Å²) in [6.45, 7) is 3.28. The smallest absolute Gasteiger partial charge is 0.335 e. The molecule has 4 heterocycles. The zero-order chi connectivity index (χ0) is 24.3. The molecule has 6 nitrogen and oxygen atoms in total. The molecule has 2 aromatic heterocycles. The van der Waals surface area contributed by atoms with Crippen LogP contribution in [-0.4, -0.2) is 76.8 Å². The van der Waals surface area contributed by atoms with Gasteiger partial charge < -0.3 is 9.80 Å². The maximum atomic E-state index is 14.1. The number of benzene rings is 1. The zero-order valence-corrected chi connectivity index (χ0v) is 20.4. The molecule has 2 saturated heterocycles. The number of hydrogen-bond donors (Lipinski definition) is 0. The van der Waals surface area contributed by atoms with Gasteiger partial charge in [0.1, 0.15) is 4.88 Å². The molecule has 1 saturated carbocycles. The van der Waals surface area contributed by atoms with Crippen LogP contribution in [-0.2, 0) is 6.18 Å². The Labute approximate surface area is 207 Å². The summed E-state index contributed by atoms with van der Waals surface area (Å²) in [5, 5.41) is 2.40. The number of amides is 2. The fourth-order valence-electron chi connectivity index (χ4n) is 4.97. The van der Waals surface area contributed by atoms with Crippen LogP contribution in [0.1, 0.15) is 49.4 Å². The summed E-state index contributed by atoms with van der Waals surface area (Å²) in [5.74, 6) is -0.271. The predicted octanol–water partition coefficient (Wildman–Crippen LogP) is 4.54. The first-order valence-corrected chi connectivity index (χ1v) is 13.3. The number of carbonyl (C=O) groups is 2. The van der Waals surface area contributed by atoms with Gasteiger partial charge in [0, 0.05) is 67.0 Å². The number of fused-ring (bicyclic) bond motifs is 1. The molecule has 0 bridgehead atoms. The summed E-state index contributed by atoms with van der Waals surface area (Å²) in [6, 6.07) is 5.35. The molecule has 0 N–H and O–H groups in total. The molecule has 1 aliphatic carbocycles. The van der Waals surface area contributed by atoms with Crippen molar-refractivity contribution in [1.29, 1.82) is 0 Å². The number of carbonyl (C=O) groups excluding carboxylic acids is 2. The number of piperazine rings is 1. The van der Waals surface area contributed by atoms with Crippen molar-refractivity contribution in [3.05, 3.63) is 50.8 Å². The van der Waals surface area contributed by atoms with Crippen molar-refractivity contribution in [2.45, 2.75) is 31.0 Å². The Hall–Kier alpha value is -2.50. The lowest BCUT2D eigenvalue weighted by molar-refractivity contribution is -0.136. The average molecular weight is 521 g/mol. The van der Waals surface area contributed by atoms with Crippen molar-refractivity contribution in [1.82, 2.24) is 19.7 Å². The number of thiazole rings is 1. The van der Waals surface area contributed by atoms with Crippen LogP contribution in [0.2, 0.25) is 0 Å². The monoisotopic (exact) mass is 520 g/mol. The highest BCUT2D eigenvalue weighted by Gasteiger charge is 2.43. The van der Waals surface area contributed by atoms with Crippen LogP contribution in [0, 0.1) is 0 Å². The van der Waals surface area contributed by atoms with E-state index in [9.17, 15) is 22.8 Å². The Morgan fingerprint density at radius 2 is 1.74 bits per heavy atom. The van der Waals surface area contributed by atoms with Crippen molar-refractivity contribution in [3.8, 4) is 0 Å². The van der Waals surface area contributed by atoms with Gasteiger partial charge in [0.05, 0.1) is 5.56 Å². The molecule has 0 spiro atoms. The topological polar surface area (TPSA) is 56.8 Å². The SMILES string of the molecule is O=C(c1nccs1)N1CCN(C2CN(C(=O)c3sc4ccc(C5CC5)cc4c3C(F)(F)F)C2)CC1. The van der Waals surface area contributed by atoms with Gasteiger partial charge in [-0.05, 0) is 36.5 Å². The molecule has 6 rings (SSSR count). The van der Waals surface area contributed by atoms with Gasteiger partial charge in [-0.1, -0.05) is 6.07 Å². The second-order valence-electron chi connectivity index (χ2n) is 9.36. The number of aromatic nitrogens is 1. The van der Waals surface area contributed by atoms with Crippen LogP contribution in [0.15, 0.2) is 29.8 Å². The molecule has 1 aromatic carbocycles. The molecule has 2 aliphatic heterocycles. The van der Waals surface area contributed by atoms with Crippen molar-refractivity contribution < 1.29 is 22.8 Å². The van der Waals surface area contributed by atoms with Crippen LogP contribution in [0.3, 0.4) is 0 Å². The number of rotatable bonds is 4. The number of thiophene rings is 1. The lowest BCUT2D eigenvalue weighted by Crippen LogP contribution is -2.64. The van der Waals surface area contributed by atoms with E-state index in [1.54, 1.807) is 28.6 Å². The van der Waals surface area contributed by atoms with Crippen molar-refractivity contribution in [2.75, 3.05) is 39.3 Å². The van der Waals surface area contributed by atoms with E-state index in [4.69, 9.17) is 0 Å². The summed E-state index contributed by atoms with van der Waals surface area (Å²) >= 11 is 2.26. The minimum absolute atomic E-state index is 0.0700. The van der Waals surface area contributed by atoms with Gasteiger partial charge in [-0.2, -0.15) is 13.2 Å². The van der Waals surface area contributed by atoms with Crippen molar-refractivity contribution in [3.63, 3.8) is 0 Å². The minimum atomic E-state index is -4.59. The second-order valence-corrected chi connectivity index (χ2v) is 11.3. The van der Waals surface area contributed by atoms with Crippen LogP contribution in [0.4, 0.5) is 13.2 Å². The second kappa shape index (κ2) is 8.56. The number of likely N-dealkylation sites (tertiary alicyclic amines) is 1. The molecular weight excluding hydrogens is 497 g/mol. The van der Waals surface area contributed by atoms with E-state index in [0.717, 1.165) is 29.7 Å². The highest BCUT2D eigenvalue weighted by molar-refractivity contribution is 7.21. The summed E-state index contributed by atoms with van der Waals surface area (Å²) in [4.78, 5) is 35.0. The van der Waals surface area contributed by atoms with Crippen LogP contribution in [0.5, 0.6) is 0 Å². The lowest BCUT2D eigenvalue weighted by Gasteiger charge is -2.48. The van der Waals surface area contributed by atoms with Crippen LogP contribution in [0.25, 0.3) is 10.1 Å². The third-order valence-corrected chi connectivity index (χ3v) is 9.04. The summed E-state index contributed by atoms with van der Waals surface area (Å²) in [7, 11) is 0. The Kier molecular flexibility index (Phi) is 5.61. The van der Waals surface area contributed by atoms with Gasteiger partial charge in [0.2, 0.25) is 0 Å². The zero-order valence-electron chi connectivity index (χ0n) is 18.8. The number of alkyl halides is 3. The molecule has 3 aromatic rings. The first kappa shape index (κ1) is 22.9. The predicted molar refractivity (Wildman–Crippen MR) is 128 cm³/mol. The molecule has 0 atom stereocenters. The van der Waals surface area contributed by atoms with Crippen LogP contribution < -0.4 is 0 Å². The van der Waals surface area contributed by atoms with Gasteiger partial charge in [-0.15, -0.1) is 22.7 Å². The third-order valence-electron chi connectivity index (χ3n) is 7.12. The molecule has 11 heteroatoms. The normalized spacial score (nSPS) is 19.9. The molecular formula is C24H23F3N4O2S2. The Morgan fingerprint density at radius 1 is 1.00 bits per heavy atom. The van der Waals surface area contributed by atoms with Crippen LogP contribution >= 0.6 is 22.7 Å². The molecule has 0 unspecified atom stereocenters. The largest absolute Gasteiger partial charge is 0.418 e. The molecule has 35 heavy (non-hydrogen) atoms.